The van der Waals surface area contributed by atoms with Gasteiger partial charge >= 0.3 is 11.9 Å². The van der Waals surface area contributed by atoms with E-state index >= 15 is 0 Å². The zero-order chi connectivity index (χ0) is 65.5. The van der Waals surface area contributed by atoms with E-state index in [9.17, 15) is 19.0 Å². The molecule has 10 heteroatoms. The van der Waals surface area contributed by atoms with Crippen LogP contribution in [0.2, 0.25) is 0 Å². The summed E-state index contributed by atoms with van der Waals surface area (Å²) < 4.78 is 34.4. The fourth-order valence-corrected chi connectivity index (χ4v) is 13.3. The van der Waals surface area contributed by atoms with Crippen molar-refractivity contribution < 1.29 is 42.1 Å². The van der Waals surface area contributed by atoms with Crippen LogP contribution in [0.25, 0.3) is 0 Å². The maximum absolute atomic E-state index is 12.9. The fourth-order valence-electron chi connectivity index (χ4n) is 12.6. The van der Waals surface area contributed by atoms with Gasteiger partial charge in [-0.3, -0.25) is 14.2 Å². The second-order valence-electron chi connectivity index (χ2n) is 29.1. The maximum Gasteiger partial charge on any atom is 0.306 e. The summed E-state index contributed by atoms with van der Waals surface area (Å²) in [6.07, 6.45) is 90.7. The van der Waals surface area contributed by atoms with Crippen LogP contribution in [0, 0.1) is 0 Å². The Morgan fingerprint density at radius 1 is 0.333 bits per heavy atom. The van der Waals surface area contributed by atoms with E-state index in [0.29, 0.717) is 17.4 Å². The first kappa shape index (κ1) is 88.8. The first-order chi connectivity index (χ1) is 44.0. The van der Waals surface area contributed by atoms with Crippen molar-refractivity contribution in [1.82, 2.24) is 0 Å². The molecule has 0 saturated heterocycles. The lowest BCUT2D eigenvalue weighted by Crippen LogP contribution is -2.37. The molecular formula is C80H158NO8P. The highest BCUT2D eigenvalue weighted by Gasteiger charge is 2.22. The Bertz CT molecular complexity index is 1520. The summed E-state index contributed by atoms with van der Waals surface area (Å²) in [6, 6.07) is 0. The van der Waals surface area contributed by atoms with Crippen LogP contribution in [0.15, 0.2) is 12.2 Å². The van der Waals surface area contributed by atoms with Crippen LogP contribution in [0.4, 0.5) is 0 Å². The van der Waals surface area contributed by atoms with E-state index in [1.165, 1.54) is 372 Å². The fraction of sp³-hybridized carbons (Fsp3) is 0.950. The maximum atomic E-state index is 12.9. The summed E-state index contributed by atoms with van der Waals surface area (Å²) in [5.74, 6) is -0.804. The van der Waals surface area contributed by atoms with E-state index < -0.39 is 26.5 Å². The van der Waals surface area contributed by atoms with Crippen molar-refractivity contribution in [1.29, 1.82) is 0 Å². The summed E-state index contributed by atoms with van der Waals surface area (Å²) >= 11 is 0. The summed E-state index contributed by atoms with van der Waals surface area (Å²) in [4.78, 5) is 38.2. The number of carbonyl (C=O) groups is 2. The van der Waals surface area contributed by atoms with E-state index in [1.807, 2.05) is 21.1 Å². The molecule has 0 rings (SSSR count). The Labute approximate surface area is 562 Å². The van der Waals surface area contributed by atoms with Gasteiger partial charge in [0.05, 0.1) is 27.7 Å². The highest BCUT2D eigenvalue weighted by Crippen LogP contribution is 2.38. The van der Waals surface area contributed by atoms with Gasteiger partial charge in [-0.05, 0) is 38.5 Å². The normalized spacial score (nSPS) is 13.0. The number of allylic oxidation sites excluding steroid dienone is 2. The number of carbonyl (C=O) groups excluding carboxylic acids is 2. The Kier molecular flexibility index (Phi) is 71.0. The molecule has 9 nitrogen and oxygen atoms in total. The van der Waals surface area contributed by atoms with Crippen molar-refractivity contribution >= 4 is 19.8 Å². The molecular weight excluding hydrogens is 1130 g/mol. The number of esters is 2. The zero-order valence-electron chi connectivity index (χ0n) is 61.4. The number of unbranched alkanes of at least 4 members (excludes halogenated alkanes) is 61. The van der Waals surface area contributed by atoms with E-state index in [-0.39, 0.29) is 32.0 Å². The number of quaternary nitrogens is 1. The molecule has 90 heavy (non-hydrogen) atoms. The van der Waals surface area contributed by atoms with E-state index in [1.54, 1.807) is 0 Å². The molecule has 2 unspecified atom stereocenters. The molecule has 0 aliphatic heterocycles. The number of nitrogens with zero attached hydrogens (tertiary/aromatic N) is 1. The minimum atomic E-state index is -4.64. The lowest BCUT2D eigenvalue weighted by atomic mass is 10.0. The summed E-state index contributed by atoms with van der Waals surface area (Å²) in [7, 11) is 1.20. The van der Waals surface area contributed by atoms with Gasteiger partial charge in [0.1, 0.15) is 19.8 Å². The molecule has 0 aliphatic rings. The third-order valence-electron chi connectivity index (χ3n) is 18.8. The van der Waals surface area contributed by atoms with Crippen molar-refractivity contribution in [3.05, 3.63) is 12.2 Å². The van der Waals surface area contributed by atoms with Gasteiger partial charge in [-0.1, -0.05) is 398 Å². The molecule has 0 aromatic carbocycles. The number of phosphoric acid groups is 1. The molecule has 0 aromatic rings. The van der Waals surface area contributed by atoms with Crippen molar-refractivity contribution in [3.63, 3.8) is 0 Å². The molecule has 0 spiro atoms. The number of hydrogen-bond acceptors (Lipinski definition) is 8. The molecule has 0 aromatic heterocycles. The smallest absolute Gasteiger partial charge is 0.306 e. The van der Waals surface area contributed by atoms with Crippen LogP contribution < -0.4 is 4.89 Å². The predicted octanol–water partition coefficient (Wildman–Crippen LogP) is 26.0. The molecule has 536 valence electrons. The molecule has 0 saturated carbocycles. The topological polar surface area (TPSA) is 111 Å². The van der Waals surface area contributed by atoms with Gasteiger partial charge in [0.15, 0.2) is 6.10 Å². The third kappa shape index (κ3) is 75.8. The van der Waals surface area contributed by atoms with Crippen molar-refractivity contribution in [2.24, 2.45) is 0 Å². The van der Waals surface area contributed by atoms with Crippen molar-refractivity contribution in [3.8, 4) is 0 Å². The second-order valence-corrected chi connectivity index (χ2v) is 30.6. The van der Waals surface area contributed by atoms with Gasteiger partial charge in [0.25, 0.3) is 7.82 Å². The molecule has 0 aliphatic carbocycles. The Hall–Kier alpha value is -1.25. The van der Waals surface area contributed by atoms with Gasteiger partial charge in [-0.15, -0.1) is 0 Å². The minimum absolute atomic E-state index is 0.0259. The molecule has 2 atom stereocenters. The molecule has 0 amide bonds. The number of hydrogen-bond donors (Lipinski definition) is 0. The van der Waals surface area contributed by atoms with Crippen LogP contribution in [-0.4, -0.2) is 70.0 Å². The Morgan fingerprint density at radius 3 is 0.822 bits per heavy atom. The average Bonchev–Trinajstić information content (AvgIpc) is 3.58. The number of ether oxygens (including phenoxy) is 2. The van der Waals surface area contributed by atoms with Crippen molar-refractivity contribution in [2.45, 2.75) is 444 Å². The SMILES string of the molecule is CCCCCCCCCC/C=C\CCCCCCCCCCCCCCCCCCCC(=O)OC(COC(=O)CCCCCCCCCCCCCCCCCCCCCCCCCCCCCCCCCCCCCCC)COP(=O)([O-])OCC[N+](C)(C)C. The van der Waals surface area contributed by atoms with E-state index in [0.717, 1.165) is 32.1 Å². The highest BCUT2D eigenvalue weighted by atomic mass is 31.2. The summed E-state index contributed by atoms with van der Waals surface area (Å²) in [5.41, 5.74) is 0. The molecule has 0 heterocycles. The predicted molar refractivity (Wildman–Crippen MR) is 388 cm³/mol. The lowest BCUT2D eigenvalue weighted by molar-refractivity contribution is -0.870. The van der Waals surface area contributed by atoms with Gasteiger partial charge < -0.3 is 27.9 Å². The molecule has 0 fully saturated rings. The molecule has 0 N–H and O–H groups in total. The first-order valence-electron chi connectivity index (χ1n) is 40.4. The number of likely N-dealkylation sites (N-methyl/N-ethyl adjacent to an activating group) is 1. The van der Waals surface area contributed by atoms with Crippen molar-refractivity contribution in [2.75, 3.05) is 47.5 Å². The summed E-state index contributed by atoms with van der Waals surface area (Å²) in [6.45, 7) is 4.34. The summed E-state index contributed by atoms with van der Waals surface area (Å²) in [5, 5.41) is 0. The number of rotatable bonds is 77. The zero-order valence-corrected chi connectivity index (χ0v) is 62.3. The van der Waals surface area contributed by atoms with Crippen LogP contribution in [-0.2, 0) is 32.7 Å². The molecule has 0 bridgehead atoms. The Balaban J connectivity index is 3.88. The van der Waals surface area contributed by atoms with Crippen LogP contribution in [0.5, 0.6) is 0 Å². The standard InChI is InChI=1S/C80H158NO8P/c1-6-8-10-12-14-16-18-20-22-24-26-28-30-32-34-36-37-38-39-40-41-42-43-45-46-48-50-52-54-56-58-60-62-64-66-68-70-72-79(82)86-76-78(77-88-90(84,85)87-75-74-81(3,4)5)89-80(83)73-71-69-67-65-63-61-59-57-55-53-51-49-47-44-35-33-31-29-27-25-23-21-19-17-15-13-11-9-7-2/h25,27,78H,6-24,26,28-77H2,1-5H3/b27-25-. The minimum Gasteiger partial charge on any atom is -0.756 e. The van der Waals surface area contributed by atoms with Crippen LogP contribution in [0.1, 0.15) is 438 Å². The van der Waals surface area contributed by atoms with E-state index in [4.69, 9.17) is 18.5 Å². The lowest BCUT2D eigenvalue weighted by Gasteiger charge is -2.28. The van der Waals surface area contributed by atoms with Gasteiger partial charge in [-0.2, -0.15) is 0 Å². The average molecular weight is 1290 g/mol. The first-order valence-corrected chi connectivity index (χ1v) is 41.9. The van der Waals surface area contributed by atoms with Crippen LogP contribution >= 0.6 is 7.82 Å². The van der Waals surface area contributed by atoms with E-state index in [2.05, 4.69) is 26.0 Å². The highest BCUT2D eigenvalue weighted by molar-refractivity contribution is 7.45. The van der Waals surface area contributed by atoms with Gasteiger partial charge in [0.2, 0.25) is 0 Å². The monoisotopic (exact) mass is 1290 g/mol. The quantitative estimate of drug-likeness (QED) is 0.0195. The molecule has 0 radical (unpaired) electrons. The third-order valence-corrected chi connectivity index (χ3v) is 19.7. The second kappa shape index (κ2) is 72.0. The van der Waals surface area contributed by atoms with Gasteiger partial charge in [-0.25, -0.2) is 0 Å². The van der Waals surface area contributed by atoms with Gasteiger partial charge in [0, 0.05) is 12.8 Å². The van der Waals surface area contributed by atoms with Crippen LogP contribution in [0.3, 0.4) is 0 Å². The Morgan fingerprint density at radius 2 is 0.567 bits per heavy atom. The number of phosphoric ester groups is 1. The largest absolute Gasteiger partial charge is 0.756 e.